The van der Waals surface area contributed by atoms with Gasteiger partial charge in [-0.05, 0) is 20.9 Å². The topological polar surface area (TPSA) is 35.6 Å². The standard InChI is InChI=1S/C9H21N3O/c1-5-12(6-2)9(13)11(4)8-7-10-3/h10H,5-8H2,1-4H3. The van der Waals surface area contributed by atoms with Crippen molar-refractivity contribution < 1.29 is 4.79 Å². The van der Waals surface area contributed by atoms with Crippen LogP contribution in [0.15, 0.2) is 0 Å². The summed E-state index contributed by atoms with van der Waals surface area (Å²) in [7, 11) is 3.72. The fourth-order valence-electron chi connectivity index (χ4n) is 1.11. The Labute approximate surface area is 80.9 Å². The Morgan fingerprint density at radius 2 is 1.85 bits per heavy atom. The molecule has 0 heterocycles. The van der Waals surface area contributed by atoms with E-state index in [-0.39, 0.29) is 6.03 Å². The van der Waals surface area contributed by atoms with Gasteiger partial charge in [-0.15, -0.1) is 0 Å². The van der Waals surface area contributed by atoms with Crippen molar-refractivity contribution in [2.24, 2.45) is 0 Å². The molecule has 0 fully saturated rings. The summed E-state index contributed by atoms with van der Waals surface area (Å²) < 4.78 is 0. The summed E-state index contributed by atoms with van der Waals surface area (Å²) in [6, 6.07) is 0.111. The second-order valence-electron chi connectivity index (χ2n) is 2.98. The Morgan fingerprint density at radius 1 is 1.31 bits per heavy atom. The molecule has 0 aromatic heterocycles. The molecule has 0 aliphatic carbocycles. The van der Waals surface area contributed by atoms with Gasteiger partial charge < -0.3 is 15.1 Å². The third kappa shape index (κ3) is 4.12. The van der Waals surface area contributed by atoms with E-state index in [0.717, 1.165) is 26.2 Å². The van der Waals surface area contributed by atoms with E-state index in [2.05, 4.69) is 5.32 Å². The van der Waals surface area contributed by atoms with Gasteiger partial charge in [-0.3, -0.25) is 0 Å². The average Bonchev–Trinajstić information content (AvgIpc) is 2.15. The van der Waals surface area contributed by atoms with E-state index < -0.39 is 0 Å². The molecule has 78 valence electrons. The number of carbonyl (C=O) groups is 1. The fourth-order valence-corrected chi connectivity index (χ4v) is 1.11. The summed E-state index contributed by atoms with van der Waals surface area (Å²) in [5.74, 6) is 0. The maximum atomic E-state index is 11.6. The lowest BCUT2D eigenvalue weighted by Gasteiger charge is -2.25. The van der Waals surface area contributed by atoms with Crippen LogP contribution in [0.2, 0.25) is 0 Å². The van der Waals surface area contributed by atoms with Crippen LogP contribution >= 0.6 is 0 Å². The molecule has 0 aromatic rings. The molecule has 0 unspecified atom stereocenters. The van der Waals surface area contributed by atoms with Crippen LogP contribution in [-0.4, -0.2) is 56.1 Å². The van der Waals surface area contributed by atoms with Gasteiger partial charge in [-0.2, -0.15) is 0 Å². The van der Waals surface area contributed by atoms with E-state index in [1.165, 1.54) is 0 Å². The molecular formula is C9H21N3O. The monoisotopic (exact) mass is 187 g/mol. The number of amides is 2. The lowest BCUT2D eigenvalue weighted by molar-refractivity contribution is 0.168. The summed E-state index contributed by atoms with van der Waals surface area (Å²) in [6.07, 6.45) is 0. The number of hydrogen-bond acceptors (Lipinski definition) is 2. The summed E-state index contributed by atoms with van der Waals surface area (Å²) >= 11 is 0. The van der Waals surface area contributed by atoms with Crippen LogP contribution in [0.5, 0.6) is 0 Å². The SMILES string of the molecule is CCN(CC)C(=O)N(C)CCNC. The highest BCUT2D eigenvalue weighted by Crippen LogP contribution is 1.95. The quantitative estimate of drug-likeness (QED) is 0.684. The maximum absolute atomic E-state index is 11.6. The molecule has 13 heavy (non-hydrogen) atoms. The molecule has 0 saturated heterocycles. The molecule has 0 aromatic carbocycles. The predicted octanol–water partition coefficient (Wildman–Crippen LogP) is 0.599. The fraction of sp³-hybridized carbons (Fsp3) is 0.889. The van der Waals surface area contributed by atoms with E-state index >= 15 is 0 Å². The van der Waals surface area contributed by atoms with Crippen LogP contribution < -0.4 is 5.32 Å². The van der Waals surface area contributed by atoms with Crippen LogP contribution in [0.4, 0.5) is 4.79 Å². The molecule has 1 N–H and O–H groups in total. The second kappa shape index (κ2) is 6.71. The Kier molecular flexibility index (Phi) is 6.32. The van der Waals surface area contributed by atoms with Gasteiger partial charge in [0.2, 0.25) is 0 Å². The van der Waals surface area contributed by atoms with Crippen molar-refractivity contribution in [2.75, 3.05) is 40.3 Å². The molecule has 0 rings (SSSR count). The van der Waals surface area contributed by atoms with Gasteiger partial charge in [0.1, 0.15) is 0 Å². The van der Waals surface area contributed by atoms with Crippen molar-refractivity contribution >= 4 is 6.03 Å². The highest BCUT2D eigenvalue weighted by molar-refractivity contribution is 5.74. The third-order valence-electron chi connectivity index (χ3n) is 2.06. The number of rotatable bonds is 5. The van der Waals surface area contributed by atoms with Crippen molar-refractivity contribution in [3.05, 3.63) is 0 Å². The molecule has 0 radical (unpaired) electrons. The van der Waals surface area contributed by atoms with Crippen molar-refractivity contribution in [2.45, 2.75) is 13.8 Å². The first-order valence-corrected chi connectivity index (χ1v) is 4.82. The minimum absolute atomic E-state index is 0.111. The molecule has 0 bridgehead atoms. The van der Waals surface area contributed by atoms with Crippen LogP contribution in [0.3, 0.4) is 0 Å². The minimum atomic E-state index is 0.111. The van der Waals surface area contributed by atoms with E-state index in [1.54, 1.807) is 4.90 Å². The molecule has 0 saturated carbocycles. The second-order valence-corrected chi connectivity index (χ2v) is 2.98. The van der Waals surface area contributed by atoms with Crippen molar-refractivity contribution in [1.29, 1.82) is 0 Å². The van der Waals surface area contributed by atoms with Crippen molar-refractivity contribution in [3.8, 4) is 0 Å². The normalized spacial score (nSPS) is 9.85. The van der Waals surface area contributed by atoms with Gasteiger partial charge in [-0.25, -0.2) is 4.79 Å². The number of urea groups is 1. The number of nitrogens with one attached hydrogen (secondary N) is 1. The highest BCUT2D eigenvalue weighted by Gasteiger charge is 2.13. The van der Waals surface area contributed by atoms with Crippen LogP contribution in [0.25, 0.3) is 0 Å². The molecule has 4 nitrogen and oxygen atoms in total. The van der Waals surface area contributed by atoms with Crippen LogP contribution in [0, 0.1) is 0 Å². The zero-order valence-corrected chi connectivity index (χ0v) is 9.13. The summed E-state index contributed by atoms with van der Waals surface area (Å²) in [5, 5.41) is 3.02. The number of nitrogens with zero attached hydrogens (tertiary/aromatic N) is 2. The number of hydrogen-bond donors (Lipinski definition) is 1. The Hall–Kier alpha value is -0.770. The predicted molar refractivity (Wildman–Crippen MR) is 54.9 cm³/mol. The average molecular weight is 187 g/mol. The zero-order chi connectivity index (χ0) is 10.3. The number of likely N-dealkylation sites (N-methyl/N-ethyl adjacent to an activating group) is 2. The van der Waals surface area contributed by atoms with Crippen LogP contribution in [-0.2, 0) is 0 Å². The minimum Gasteiger partial charge on any atom is -0.326 e. The summed E-state index contributed by atoms with van der Waals surface area (Å²) in [5.41, 5.74) is 0. The van der Waals surface area contributed by atoms with Gasteiger partial charge in [0.15, 0.2) is 0 Å². The first kappa shape index (κ1) is 12.2. The lowest BCUT2D eigenvalue weighted by Crippen LogP contribution is -2.43. The highest BCUT2D eigenvalue weighted by atomic mass is 16.2. The third-order valence-corrected chi connectivity index (χ3v) is 2.06. The molecule has 0 atom stereocenters. The van der Waals surface area contributed by atoms with E-state index in [0.29, 0.717) is 0 Å². The van der Waals surface area contributed by atoms with Crippen molar-refractivity contribution in [1.82, 2.24) is 15.1 Å². The van der Waals surface area contributed by atoms with Crippen molar-refractivity contribution in [3.63, 3.8) is 0 Å². The lowest BCUT2D eigenvalue weighted by atomic mass is 10.5. The largest absolute Gasteiger partial charge is 0.326 e. The first-order chi connectivity index (χ1) is 6.17. The Bertz CT molecular complexity index is 146. The molecule has 0 aliphatic heterocycles. The zero-order valence-electron chi connectivity index (χ0n) is 9.13. The van der Waals surface area contributed by atoms with Gasteiger partial charge in [0.25, 0.3) is 0 Å². The van der Waals surface area contributed by atoms with E-state index in [4.69, 9.17) is 0 Å². The van der Waals surface area contributed by atoms with Gasteiger partial charge >= 0.3 is 6.03 Å². The molecule has 0 spiro atoms. The maximum Gasteiger partial charge on any atom is 0.319 e. The van der Waals surface area contributed by atoms with Crippen LogP contribution in [0.1, 0.15) is 13.8 Å². The summed E-state index contributed by atoms with van der Waals surface area (Å²) in [4.78, 5) is 15.2. The Morgan fingerprint density at radius 3 is 2.23 bits per heavy atom. The molecule has 4 heteroatoms. The Balaban J connectivity index is 3.92. The van der Waals surface area contributed by atoms with Gasteiger partial charge in [-0.1, -0.05) is 0 Å². The van der Waals surface area contributed by atoms with Gasteiger partial charge in [0.05, 0.1) is 0 Å². The summed E-state index contributed by atoms with van der Waals surface area (Å²) in [6.45, 7) is 7.13. The van der Waals surface area contributed by atoms with E-state index in [9.17, 15) is 4.79 Å². The molecule has 0 aliphatic rings. The smallest absolute Gasteiger partial charge is 0.319 e. The number of carbonyl (C=O) groups excluding carboxylic acids is 1. The first-order valence-electron chi connectivity index (χ1n) is 4.82. The van der Waals surface area contributed by atoms with E-state index in [1.807, 2.05) is 32.8 Å². The molecule has 2 amide bonds. The van der Waals surface area contributed by atoms with Gasteiger partial charge in [0, 0.05) is 33.2 Å². The molecular weight excluding hydrogens is 166 g/mol.